The summed E-state index contributed by atoms with van der Waals surface area (Å²) in [4.78, 5) is 4.51. The molecule has 0 saturated heterocycles. The number of nitrogens with zero attached hydrogens (tertiary/aromatic N) is 1. The van der Waals surface area contributed by atoms with Gasteiger partial charge in [0.15, 0.2) is 0 Å². The maximum Gasteiger partial charge on any atom is 0.0940 e. The first-order valence-electron chi connectivity index (χ1n) is 7.11. The van der Waals surface area contributed by atoms with E-state index in [0.29, 0.717) is 6.04 Å². The molecule has 1 rings (SSSR count). The molecule has 0 radical (unpaired) electrons. The van der Waals surface area contributed by atoms with Gasteiger partial charge in [-0.15, -0.1) is 11.3 Å². The standard InChI is InChI=1S/C15H28N2S/c1-11(2)8-14(9-12(3)4)16-7-6-15-17-13(5)10-18-15/h10-12,14,16H,6-9H2,1-5H3. The topological polar surface area (TPSA) is 24.9 Å². The van der Waals surface area contributed by atoms with Crippen LogP contribution in [0.5, 0.6) is 0 Å². The number of nitrogens with one attached hydrogen (secondary N) is 1. The molecular weight excluding hydrogens is 240 g/mol. The zero-order valence-corrected chi connectivity index (χ0v) is 13.3. The van der Waals surface area contributed by atoms with Crippen molar-refractivity contribution in [1.29, 1.82) is 0 Å². The van der Waals surface area contributed by atoms with Crippen molar-refractivity contribution in [3.05, 3.63) is 16.1 Å². The van der Waals surface area contributed by atoms with Crippen LogP contribution in [0.2, 0.25) is 0 Å². The van der Waals surface area contributed by atoms with Gasteiger partial charge in [-0.1, -0.05) is 27.7 Å². The Morgan fingerprint density at radius 3 is 2.22 bits per heavy atom. The SMILES string of the molecule is Cc1csc(CCNC(CC(C)C)CC(C)C)n1. The lowest BCUT2D eigenvalue weighted by Crippen LogP contribution is -2.33. The Bertz CT molecular complexity index is 321. The second-order valence-corrected chi connectivity index (χ2v) is 6.99. The molecule has 1 heterocycles. The Balaban J connectivity index is 2.32. The van der Waals surface area contributed by atoms with Gasteiger partial charge < -0.3 is 5.32 Å². The molecule has 0 spiro atoms. The van der Waals surface area contributed by atoms with Crippen LogP contribution in [0, 0.1) is 18.8 Å². The van der Waals surface area contributed by atoms with Gasteiger partial charge >= 0.3 is 0 Å². The molecule has 0 amide bonds. The highest BCUT2D eigenvalue weighted by atomic mass is 32.1. The number of thiazole rings is 1. The van der Waals surface area contributed by atoms with Crippen LogP contribution in [0.15, 0.2) is 5.38 Å². The summed E-state index contributed by atoms with van der Waals surface area (Å²) in [6.07, 6.45) is 3.61. The van der Waals surface area contributed by atoms with E-state index in [1.807, 2.05) is 0 Å². The van der Waals surface area contributed by atoms with Crippen molar-refractivity contribution in [2.75, 3.05) is 6.54 Å². The minimum Gasteiger partial charge on any atom is -0.314 e. The summed E-state index contributed by atoms with van der Waals surface area (Å²) in [6.45, 7) is 12.3. The van der Waals surface area contributed by atoms with Crippen molar-refractivity contribution in [1.82, 2.24) is 10.3 Å². The fourth-order valence-corrected chi connectivity index (χ4v) is 3.08. The van der Waals surface area contributed by atoms with Gasteiger partial charge in [-0.05, 0) is 31.6 Å². The van der Waals surface area contributed by atoms with Gasteiger partial charge in [-0.2, -0.15) is 0 Å². The minimum atomic E-state index is 0.658. The molecule has 1 aromatic heterocycles. The monoisotopic (exact) mass is 268 g/mol. The molecule has 0 aliphatic carbocycles. The molecule has 0 aliphatic rings. The molecule has 0 atom stereocenters. The third-order valence-electron chi connectivity index (χ3n) is 2.95. The molecule has 0 unspecified atom stereocenters. The quantitative estimate of drug-likeness (QED) is 0.769. The van der Waals surface area contributed by atoms with Crippen molar-refractivity contribution in [2.45, 2.75) is 59.9 Å². The summed E-state index contributed by atoms with van der Waals surface area (Å²) >= 11 is 1.78. The lowest BCUT2D eigenvalue weighted by molar-refractivity contribution is 0.361. The van der Waals surface area contributed by atoms with Gasteiger partial charge in [0.1, 0.15) is 0 Å². The van der Waals surface area contributed by atoms with Crippen LogP contribution >= 0.6 is 11.3 Å². The van der Waals surface area contributed by atoms with Crippen LogP contribution in [0.4, 0.5) is 0 Å². The fraction of sp³-hybridized carbons (Fsp3) is 0.800. The fourth-order valence-electron chi connectivity index (χ4n) is 2.30. The minimum absolute atomic E-state index is 0.658. The molecule has 0 aromatic carbocycles. The number of aromatic nitrogens is 1. The normalized spacial score (nSPS) is 12.0. The van der Waals surface area contributed by atoms with E-state index in [4.69, 9.17) is 0 Å². The third kappa shape index (κ3) is 6.50. The van der Waals surface area contributed by atoms with E-state index in [-0.39, 0.29) is 0 Å². The zero-order valence-electron chi connectivity index (χ0n) is 12.5. The molecule has 1 aromatic rings. The Hall–Kier alpha value is -0.410. The maximum atomic E-state index is 4.51. The number of rotatable bonds is 8. The predicted octanol–water partition coefficient (Wildman–Crippen LogP) is 4.04. The van der Waals surface area contributed by atoms with Gasteiger partial charge in [-0.25, -0.2) is 4.98 Å². The van der Waals surface area contributed by atoms with E-state index in [1.54, 1.807) is 11.3 Å². The van der Waals surface area contributed by atoms with E-state index in [1.165, 1.54) is 17.8 Å². The smallest absolute Gasteiger partial charge is 0.0940 e. The summed E-state index contributed by atoms with van der Waals surface area (Å²) in [5.74, 6) is 1.53. The highest BCUT2D eigenvalue weighted by Crippen LogP contribution is 2.14. The van der Waals surface area contributed by atoms with Crippen molar-refractivity contribution >= 4 is 11.3 Å². The molecular formula is C15H28N2S. The predicted molar refractivity (Wildman–Crippen MR) is 81.3 cm³/mol. The molecule has 3 heteroatoms. The number of hydrogen-bond acceptors (Lipinski definition) is 3. The van der Waals surface area contributed by atoms with Gasteiger partial charge in [-0.3, -0.25) is 0 Å². The third-order valence-corrected chi connectivity index (χ3v) is 3.98. The lowest BCUT2D eigenvalue weighted by Gasteiger charge is -2.22. The van der Waals surface area contributed by atoms with Crippen molar-refractivity contribution in [2.24, 2.45) is 11.8 Å². The average molecular weight is 268 g/mol. The molecule has 2 nitrogen and oxygen atoms in total. The molecule has 0 fully saturated rings. The average Bonchev–Trinajstić information content (AvgIpc) is 2.62. The molecule has 0 aliphatic heterocycles. The van der Waals surface area contributed by atoms with Gasteiger partial charge in [0, 0.05) is 30.1 Å². The van der Waals surface area contributed by atoms with E-state index in [9.17, 15) is 0 Å². The van der Waals surface area contributed by atoms with E-state index < -0.39 is 0 Å². The second kappa shape index (κ2) is 7.90. The Morgan fingerprint density at radius 2 is 1.78 bits per heavy atom. The van der Waals surface area contributed by atoms with Gasteiger partial charge in [0.25, 0.3) is 0 Å². The van der Waals surface area contributed by atoms with E-state index in [0.717, 1.165) is 30.5 Å². The van der Waals surface area contributed by atoms with Crippen LogP contribution in [0.25, 0.3) is 0 Å². The number of aryl methyl sites for hydroxylation is 1. The second-order valence-electron chi connectivity index (χ2n) is 6.04. The maximum absolute atomic E-state index is 4.51. The van der Waals surface area contributed by atoms with Crippen LogP contribution in [0.3, 0.4) is 0 Å². The van der Waals surface area contributed by atoms with Crippen molar-refractivity contribution in [3.8, 4) is 0 Å². The summed E-state index contributed by atoms with van der Waals surface area (Å²) < 4.78 is 0. The molecule has 0 bridgehead atoms. The summed E-state index contributed by atoms with van der Waals surface area (Å²) in [6, 6.07) is 0.658. The van der Waals surface area contributed by atoms with Crippen LogP contribution in [-0.2, 0) is 6.42 Å². The van der Waals surface area contributed by atoms with Crippen LogP contribution in [-0.4, -0.2) is 17.6 Å². The molecule has 0 saturated carbocycles. The Kier molecular flexibility index (Phi) is 6.87. The van der Waals surface area contributed by atoms with Crippen molar-refractivity contribution < 1.29 is 0 Å². The first kappa shape index (κ1) is 15.6. The highest BCUT2D eigenvalue weighted by Gasteiger charge is 2.12. The summed E-state index contributed by atoms with van der Waals surface area (Å²) in [7, 11) is 0. The summed E-state index contributed by atoms with van der Waals surface area (Å²) in [5.41, 5.74) is 1.15. The first-order valence-corrected chi connectivity index (χ1v) is 7.99. The first-order chi connectivity index (χ1) is 8.47. The van der Waals surface area contributed by atoms with E-state index >= 15 is 0 Å². The Morgan fingerprint density at radius 1 is 1.17 bits per heavy atom. The lowest BCUT2D eigenvalue weighted by atomic mass is 9.95. The Labute approximate surface area is 116 Å². The van der Waals surface area contributed by atoms with Crippen molar-refractivity contribution in [3.63, 3.8) is 0 Å². The van der Waals surface area contributed by atoms with Crippen LogP contribution < -0.4 is 5.32 Å². The summed E-state index contributed by atoms with van der Waals surface area (Å²) in [5, 5.41) is 7.10. The number of hydrogen-bond donors (Lipinski definition) is 1. The van der Waals surface area contributed by atoms with Gasteiger partial charge in [0.2, 0.25) is 0 Å². The largest absolute Gasteiger partial charge is 0.314 e. The van der Waals surface area contributed by atoms with E-state index in [2.05, 4.69) is 50.3 Å². The molecule has 104 valence electrons. The molecule has 1 N–H and O–H groups in total. The molecule has 18 heavy (non-hydrogen) atoms. The van der Waals surface area contributed by atoms with Crippen LogP contribution in [0.1, 0.15) is 51.2 Å². The highest BCUT2D eigenvalue weighted by molar-refractivity contribution is 7.09. The van der Waals surface area contributed by atoms with Gasteiger partial charge in [0.05, 0.1) is 5.01 Å². The zero-order chi connectivity index (χ0) is 13.5.